The lowest BCUT2D eigenvalue weighted by Crippen LogP contribution is -2.00. The molecule has 0 amide bonds. The second-order valence-corrected chi connectivity index (χ2v) is 4.95. The van der Waals surface area contributed by atoms with Crippen molar-refractivity contribution in [1.82, 2.24) is 0 Å². The minimum absolute atomic E-state index is 0.497. The number of hydrogen-bond acceptors (Lipinski definition) is 3. The lowest BCUT2D eigenvalue weighted by molar-refractivity contribution is 0.199. The molecule has 0 spiro atoms. The van der Waals surface area contributed by atoms with Crippen LogP contribution in [0.1, 0.15) is 25.0 Å². The van der Waals surface area contributed by atoms with E-state index in [9.17, 15) is 5.11 Å². The van der Waals surface area contributed by atoms with Crippen molar-refractivity contribution < 1.29 is 9.84 Å². The summed E-state index contributed by atoms with van der Waals surface area (Å²) < 4.78 is 5.55. The molecular weight excluding hydrogens is 244 g/mol. The maximum atomic E-state index is 9.38. The molecule has 0 heterocycles. The molecule has 0 aliphatic rings. The SMILES string of the molecule is CSCCCOc1ccc([C@H](C)O)cc1Cl. The Bertz CT molecular complexity index is 329. The Morgan fingerprint density at radius 2 is 2.25 bits per heavy atom. The first-order valence-corrected chi connectivity index (χ1v) is 7.01. The quantitative estimate of drug-likeness (QED) is 0.794. The van der Waals surface area contributed by atoms with E-state index in [2.05, 4.69) is 6.26 Å². The van der Waals surface area contributed by atoms with Crippen LogP contribution >= 0.6 is 23.4 Å². The van der Waals surface area contributed by atoms with E-state index < -0.39 is 6.10 Å². The fourth-order valence-electron chi connectivity index (χ4n) is 1.28. The van der Waals surface area contributed by atoms with Crippen LogP contribution < -0.4 is 4.74 Å². The van der Waals surface area contributed by atoms with Gasteiger partial charge in [0.05, 0.1) is 17.7 Å². The second-order valence-electron chi connectivity index (χ2n) is 3.56. The molecule has 16 heavy (non-hydrogen) atoms. The smallest absolute Gasteiger partial charge is 0.137 e. The fraction of sp³-hybridized carbons (Fsp3) is 0.500. The van der Waals surface area contributed by atoms with Gasteiger partial charge in [-0.2, -0.15) is 11.8 Å². The lowest BCUT2D eigenvalue weighted by Gasteiger charge is -2.10. The van der Waals surface area contributed by atoms with Crippen LogP contribution in [0.2, 0.25) is 5.02 Å². The molecule has 0 saturated heterocycles. The van der Waals surface area contributed by atoms with Crippen molar-refractivity contribution in [2.75, 3.05) is 18.6 Å². The Morgan fingerprint density at radius 3 is 2.81 bits per heavy atom. The first-order valence-electron chi connectivity index (χ1n) is 5.24. The van der Waals surface area contributed by atoms with Crippen molar-refractivity contribution in [3.8, 4) is 5.75 Å². The average Bonchev–Trinajstić information content (AvgIpc) is 2.26. The molecule has 1 atom stereocenters. The molecule has 1 aromatic rings. The minimum atomic E-state index is -0.497. The predicted molar refractivity (Wildman–Crippen MR) is 70.6 cm³/mol. The maximum Gasteiger partial charge on any atom is 0.137 e. The average molecular weight is 261 g/mol. The second kappa shape index (κ2) is 7.05. The van der Waals surface area contributed by atoms with Crippen LogP contribution in [0.15, 0.2) is 18.2 Å². The highest BCUT2D eigenvalue weighted by molar-refractivity contribution is 7.98. The summed E-state index contributed by atoms with van der Waals surface area (Å²) in [5, 5.41) is 9.94. The van der Waals surface area contributed by atoms with E-state index in [1.54, 1.807) is 24.8 Å². The zero-order chi connectivity index (χ0) is 12.0. The van der Waals surface area contributed by atoms with E-state index in [0.29, 0.717) is 17.4 Å². The third-order valence-corrected chi connectivity index (χ3v) is 3.18. The van der Waals surface area contributed by atoms with E-state index >= 15 is 0 Å². The summed E-state index contributed by atoms with van der Waals surface area (Å²) in [6, 6.07) is 5.39. The highest BCUT2D eigenvalue weighted by Crippen LogP contribution is 2.27. The summed E-state index contributed by atoms with van der Waals surface area (Å²) in [7, 11) is 0. The van der Waals surface area contributed by atoms with Crippen LogP contribution in [0, 0.1) is 0 Å². The van der Waals surface area contributed by atoms with Gasteiger partial charge >= 0.3 is 0 Å². The van der Waals surface area contributed by atoms with E-state index in [4.69, 9.17) is 16.3 Å². The highest BCUT2D eigenvalue weighted by atomic mass is 35.5. The largest absolute Gasteiger partial charge is 0.492 e. The van der Waals surface area contributed by atoms with Crippen LogP contribution in [0.25, 0.3) is 0 Å². The van der Waals surface area contributed by atoms with Gasteiger partial charge in [-0.3, -0.25) is 0 Å². The Hall–Kier alpha value is -0.380. The van der Waals surface area contributed by atoms with Gasteiger partial charge in [0.1, 0.15) is 5.75 Å². The number of halogens is 1. The van der Waals surface area contributed by atoms with Crippen LogP contribution in [0.5, 0.6) is 5.75 Å². The summed E-state index contributed by atoms with van der Waals surface area (Å²) in [4.78, 5) is 0. The molecular formula is C12H17ClO2S. The Balaban J connectivity index is 2.54. The topological polar surface area (TPSA) is 29.5 Å². The molecule has 0 radical (unpaired) electrons. The van der Waals surface area contributed by atoms with Gasteiger partial charge in [0.2, 0.25) is 0 Å². The van der Waals surface area contributed by atoms with Crippen LogP contribution in [-0.4, -0.2) is 23.7 Å². The van der Waals surface area contributed by atoms with Gasteiger partial charge in [0, 0.05) is 0 Å². The number of aliphatic hydroxyl groups is 1. The number of hydrogen-bond donors (Lipinski definition) is 1. The predicted octanol–water partition coefficient (Wildman–Crippen LogP) is 3.53. The fourth-order valence-corrected chi connectivity index (χ4v) is 1.93. The van der Waals surface area contributed by atoms with Crippen molar-refractivity contribution in [2.24, 2.45) is 0 Å². The van der Waals surface area contributed by atoms with Gasteiger partial charge < -0.3 is 9.84 Å². The zero-order valence-corrected chi connectivity index (χ0v) is 11.1. The first-order chi connectivity index (χ1) is 7.65. The highest BCUT2D eigenvalue weighted by Gasteiger charge is 2.06. The molecule has 0 fully saturated rings. The molecule has 0 aliphatic carbocycles. The zero-order valence-electron chi connectivity index (χ0n) is 9.57. The molecule has 0 aromatic heterocycles. The summed E-state index contributed by atoms with van der Waals surface area (Å²) in [5.74, 6) is 1.77. The van der Waals surface area contributed by atoms with Gasteiger partial charge in [0.25, 0.3) is 0 Å². The van der Waals surface area contributed by atoms with E-state index in [-0.39, 0.29) is 0 Å². The molecule has 0 saturated carbocycles. The normalized spacial score (nSPS) is 12.5. The Labute approximate surface area is 106 Å². The van der Waals surface area contributed by atoms with E-state index in [0.717, 1.165) is 17.7 Å². The third kappa shape index (κ3) is 4.24. The first kappa shape index (κ1) is 13.7. The molecule has 1 N–H and O–H groups in total. The van der Waals surface area contributed by atoms with Crippen LogP contribution in [-0.2, 0) is 0 Å². The number of ether oxygens (including phenoxy) is 1. The third-order valence-electron chi connectivity index (χ3n) is 2.19. The van der Waals surface area contributed by atoms with Gasteiger partial charge in [-0.15, -0.1) is 0 Å². The molecule has 4 heteroatoms. The summed E-state index contributed by atoms with van der Waals surface area (Å²) >= 11 is 7.85. The molecule has 1 rings (SSSR count). The lowest BCUT2D eigenvalue weighted by atomic mass is 10.1. The molecule has 2 nitrogen and oxygen atoms in total. The summed E-state index contributed by atoms with van der Waals surface area (Å²) in [5.41, 5.74) is 0.807. The maximum absolute atomic E-state index is 9.38. The van der Waals surface area contributed by atoms with E-state index in [1.807, 2.05) is 12.1 Å². The van der Waals surface area contributed by atoms with Crippen molar-refractivity contribution in [1.29, 1.82) is 0 Å². The number of rotatable bonds is 6. The van der Waals surface area contributed by atoms with Crippen molar-refractivity contribution in [3.63, 3.8) is 0 Å². The van der Waals surface area contributed by atoms with E-state index in [1.165, 1.54) is 0 Å². The summed E-state index contributed by atoms with van der Waals surface area (Å²) in [6.07, 6.45) is 2.59. The molecule has 1 aromatic carbocycles. The molecule has 90 valence electrons. The number of aliphatic hydroxyl groups excluding tert-OH is 1. The number of benzene rings is 1. The van der Waals surface area contributed by atoms with Gasteiger partial charge in [-0.05, 0) is 43.0 Å². The Morgan fingerprint density at radius 1 is 1.50 bits per heavy atom. The number of thioether (sulfide) groups is 1. The standard InChI is InChI=1S/C12H17ClO2S/c1-9(14)10-4-5-12(11(13)8-10)15-6-3-7-16-2/h4-5,8-9,14H,3,6-7H2,1-2H3/t9-/m0/s1. The van der Waals surface area contributed by atoms with Gasteiger partial charge in [0.15, 0.2) is 0 Å². The van der Waals surface area contributed by atoms with Gasteiger partial charge in [-0.1, -0.05) is 17.7 Å². The Kier molecular flexibility index (Phi) is 6.03. The van der Waals surface area contributed by atoms with Gasteiger partial charge in [-0.25, -0.2) is 0 Å². The van der Waals surface area contributed by atoms with Crippen molar-refractivity contribution in [3.05, 3.63) is 28.8 Å². The molecule has 0 aliphatic heterocycles. The minimum Gasteiger partial charge on any atom is -0.492 e. The van der Waals surface area contributed by atoms with Crippen LogP contribution in [0.3, 0.4) is 0 Å². The van der Waals surface area contributed by atoms with Crippen LogP contribution in [0.4, 0.5) is 0 Å². The monoisotopic (exact) mass is 260 g/mol. The molecule has 0 bridgehead atoms. The van der Waals surface area contributed by atoms with Crippen molar-refractivity contribution >= 4 is 23.4 Å². The molecule has 0 unspecified atom stereocenters. The van der Waals surface area contributed by atoms with Crippen molar-refractivity contribution in [2.45, 2.75) is 19.4 Å². The summed E-state index contributed by atoms with van der Waals surface area (Å²) in [6.45, 7) is 2.39.